The predicted octanol–water partition coefficient (Wildman–Crippen LogP) is 3.72. The standard InChI is InChI=1S/C16H12FNO2.ClH/c17-15-7-6-12(9-18-15)13-3-1-2-10-4-5-11(16(19)20)8-14(10)13;/h3-9H,1-2H2,(H,19,20);1H. The van der Waals surface area contributed by atoms with Crippen molar-refractivity contribution in [2.24, 2.45) is 0 Å². The summed E-state index contributed by atoms with van der Waals surface area (Å²) in [7, 11) is 0. The summed E-state index contributed by atoms with van der Waals surface area (Å²) >= 11 is 0. The Hall–Kier alpha value is -2.20. The van der Waals surface area contributed by atoms with Gasteiger partial charge < -0.3 is 5.11 Å². The van der Waals surface area contributed by atoms with Crippen molar-refractivity contribution in [3.05, 3.63) is 70.8 Å². The average molecular weight is 306 g/mol. The van der Waals surface area contributed by atoms with Gasteiger partial charge in [0.05, 0.1) is 5.56 Å². The maximum atomic E-state index is 12.9. The van der Waals surface area contributed by atoms with Crippen molar-refractivity contribution in [3.63, 3.8) is 0 Å². The molecule has 0 aliphatic heterocycles. The minimum absolute atomic E-state index is 0. The maximum absolute atomic E-state index is 12.9. The topological polar surface area (TPSA) is 50.2 Å². The van der Waals surface area contributed by atoms with Crippen molar-refractivity contribution in [2.75, 3.05) is 0 Å². The minimum atomic E-state index is -0.949. The Balaban J connectivity index is 0.00000161. The second-order valence-electron chi connectivity index (χ2n) is 4.70. The van der Waals surface area contributed by atoms with E-state index in [2.05, 4.69) is 4.98 Å². The molecule has 2 aromatic rings. The Morgan fingerprint density at radius 3 is 2.71 bits per heavy atom. The first-order valence-electron chi connectivity index (χ1n) is 6.34. The van der Waals surface area contributed by atoms with E-state index >= 15 is 0 Å². The first-order chi connectivity index (χ1) is 9.65. The lowest BCUT2D eigenvalue weighted by atomic mass is 9.86. The summed E-state index contributed by atoms with van der Waals surface area (Å²) in [6.07, 6.45) is 5.28. The van der Waals surface area contributed by atoms with Crippen LogP contribution in [0.2, 0.25) is 0 Å². The lowest BCUT2D eigenvalue weighted by molar-refractivity contribution is 0.0697. The molecule has 21 heavy (non-hydrogen) atoms. The van der Waals surface area contributed by atoms with Crippen molar-refractivity contribution in [2.45, 2.75) is 12.8 Å². The summed E-state index contributed by atoms with van der Waals surface area (Å²) in [5.74, 6) is -1.47. The van der Waals surface area contributed by atoms with Crippen LogP contribution in [-0.4, -0.2) is 16.1 Å². The van der Waals surface area contributed by atoms with E-state index in [1.807, 2.05) is 12.1 Å². The molecule has 0 spiro atoms. The molecule has 0 amide bonds. The van der Waals surface area contributed by atoms with E-state index in [0.717, 1.165) is 35.1 Å². The van der Waals surface area contributed by atoms with Gasteiger partial charge in [0.15, 0.2) is 0 Å². The highest BCUT2D eigenvalue weighted by Gasteiger charge is 2.16. The third kappa shape index (κ3) is 2.95. The molecule has 3 rings (SSSR count). The highest BCUT2D eigenvalue weighted by atomic mass is 35.5. The fraction of sp³-hybridized carbons (Fsp3) is 0.125. The molecule has 0 radical (unpaired) electrons. The van der Waals surface area contributed by atoms with Gasteiger partial charge in [0.25, 0.3) is 0 Å². The van der Waals surface area contributed by atoms with Crippen molar-refractivity contribution in [3.8, 4) is 0 Å². The molecule has 0 saturated heterocycles. The number of halogens is 2. The van der Waals surface area contributed by atoms with Crippen molar-refractivity contribution in [1.82, 2.24) is 4.98 Å². The van der Waals surface area contributed by atoms with E-state index in [1.165, 1.54) is 12.3 Å². The quantitative estimate of drug-likeness (QED) is 0.860. The Bertz CT molecular complexity index is 711. The van der Waals surface area contributed by atoms with Crippen LogP contribution >= 0.6 is 12.4 Å². The fourth-order valence-electron chi connectivity index (χ4n) is 2.47. The molecule has 0 bridgehead atoms. The molecule has 1 N–H and O–H groups in total. The van der Waals surface area contributed by atoms with E-state index in [0.29, 0.717) is 0 Å². The molecule has 0 fully saturated rings. The summed E-state index contributed by atoms with van der Waals surface area (Å²) in [6, 6.07) is 8.12. The lowest BCUT2D eigenvalue weighted by Crippen LogP contribution is -2.05. The van der Waals surface area contributed by atoms with E-state index in [4.69, 9.17) is 5.11 Å². The number of carboxylic acids is 1. The number of aromatic carboxylic acids is 1. The van der Waals surface area contributed by atoms with Gasteiger partial charge in [0.2, 0.25) is 5.95 Å². The largest absolute Gasteiger partial charge is 0.478 e. The van der Waals surface area contributed by atoms with Gasteiger partial charge >= 0.3 is 5.97 Å². The molecular weight excluding hydrogens is 293 g/mol. The van der Waals surface area contributed by atoms with Crippen LogP contribution in [0.25, 0.3) is 5.57 Å². The van der Waals surface area contributed by atoms with Gasteiger partial charge in [-0.2, -0.15) is 4.39 Å². The van der Waals surface area contributed by atoms with E-state index in [9.17, 15) is 9.18 Å². The molecule has 108 valence electrons. The van der Waals surface area contributed by atoms with Crippen LogP contribution in [0.4, 0.5) is 4.39 Å². The number of hydrogen-bond donors (Lipinski definition) is 1. The molecule has 1 aliphatic rings. The molecule has 0 atom stereocenters. The summed E-state index contributed by atoms with van der Waals surface area (Å²) in [6.45, 7) is 0. The van der Waals surface area contributed by atoms with Gasteiger partial charge in [-0.3, -0.25) is 0 Å². The van der Waals surface area contributed by atoms with Gasteiger partial charge in [-0.05, 0) is 53.8 Å². The molecule has 1 aliphatic carbocycles. The molecule has 1 aromatic carbocycles. The number of aryl methyl sites for hydroxylation is 1. The van der Waals surface area contributed by atoms with Crippen LogP contribution in [0, 0.1) is 5.95 Å². The Morgan fingerprint density at radius 2 is 2.05 bits per heavy atom. The van der Waals surface area contributed by atoms with Crippen LogP contribution in [0.1, 0.15) is 33.5 Å². The number of pyridine rings is 1. The monoisotopic (exact) mass is 305 g/mol. The van der Waals surface area contributed by atoms with Crippen LogP contribution < -0.4 is 0 Å². The third-order valence-corrected chi connectivity index (χ3v) is 3.45. The van der Waals surface area contributed by atoms with E-state index in [-0.39, 0.29) is 18.0 Å². The second-order valence-corrected chi connectivity index (χ2v) is 4.70. The fourth-order valence-corrected chi connectivity index (χ4v) is 2.47. The smallest absolute Gasteiger partial charge is 0.335 e. The average Bonchev–Trinajstić information content (AvgIpc) is 2.47. The number of nitrogens with zero attached hydrogens (tertiary/aromatic N) is 1. The van der Waals surface area contributed by atoms with E-state index < -0.39 is 11.9 Å². The Morgan fingerprint density at radius 1 is 1.24 bits per heavy atom. The molecular formula is C16H13ClFNO2. The van der Waals surface area contributed by atoms with Crippen LogP contribution in [0.3, 0.4) is 0 Å². The zero-order chi connectivity index (χ0) is 14.1. The van der Waals surface area contributed by atoms with Gasteiger partial charge in [0, 0.05) is 11.8 Å². The zero-order valence-corrected chi connectivity index (χ0v) is 11.9. The first-order valence-corrected chi connectivity index (χ1v) is 6.34. The molecule has 1 aromatic heterocycles. The Labute approximate surface area is 127 Å². The second kappa shape index (κ2) is 6.06. The molecule has 5 heteroatoms. The summed E-state index contributed by atoms with van der Waals surface area (Å²) in [5.41, 5.74) is 3.98. The van der Waals surface area contributed by atoms with Crippen molar-refractivity contribution >= 4 is 23.9 Å². The molecule has 3 nitrogen and oxygen atoms in total. The highest BCUT2D eigenvalue weighted by Crippen LogP contribution is 2.32. The third-order valence-electron chi connectivity index (χ3n) is 3.45. The molecule has 1 heterocycles. The minimum Gasteiger partial charge on any atom is -0.478 e. The number of allylic oxidation sites excluding steroid dienone is 1. The first kappa shape index (κ1) is 15.2. The summed E-state index contributed by atoms with van der Waals surface area (Å²) in [4.78, 5) is 14.8. The normalized spacial score (nSPS) is 12.9. The number of fused-ring (bicyclic) bond motifs is 1. The number of benzene rings is 1. The van der Waals surface area contributed by atoms with Gasteiger partial charge in [-0.1, -0.05) is 12.1 Å². The number of rotatable bonds is 2. The number of carboxylic acid groups (broad SMARTS) is 1. The van der Waals surface area contributed by atoms with Crippen molar-refractivity contribution in [1.29, 1.82) is 0 Å². The lowest BCUT2D eigenvalue weighted by Gasteiger charge is -2.18. The van der Waals surface area contributed by atoms with Crippen LogP contribution in [-0.2, 0) is 6.42 Å². The predicted molar refractivity (Wildman–Crippen MR) is 80.2 cm³/mol. The Kier molecular flexibility index (Phi) is 4.38. The number of hydrogen-bond acceptors (Lipinski definition) is 2. The maximum Gasteiger partial charge on any atom is 0.335 e. The summed E-state index contributed by atoms with van der Waals surface area (Å²) in [5, 5.41) is 9.10. The molecule has 0 unspecified atom stereocenters. The van der Waals surface area contributed by atoms with E-state index in [1.54, 1.807) is 18.2 Å². The highest BCUT2D eigenvalue weighted by molar-refractivity contribution is 5.91. The van der Waals surface area contributed by atoms with Crippen LogP contribution in [0.15, 0.2) is 42.6 Å². The summed E-state index contributed by atoms with van der Waals surface area (Å²) < 4.78 is 12.9. The SMILES string of the molecule is Cl.O=C(O)c1ccc2c(c1)C(c1ccc(F)nc1)=CCC2. The number of carbonyl (C=O) groups is 1. The number of aromatic nitrogens is 1. The van der Waals surface area contributed by atoms with Crippen LogP contribution in [0.5, 0.6) is 0 Å². The van der Waals surface area contributed by atoms with Gasteiger partial charge in [-0.15, -0.1) is 12.4 Å². The molecule has 0 saturated carbocycles. The van der Waals surface area contributed by atoms with Crippen molar-refractivity contribution < 1.29 is 14.3 Å². The van der Waals surface area contributed by atoms with Gasteiger partial charge in [0.1, 0.15) is 0 Å². The zero-order valence-electron chi connectivity index (χ0n) is 11.0. The van der Waals surface area contributed by atoms with Gasteiger partial charge in [-0.25, -0.2) is 9.78 Å².